The van der Waals surface area contributed by atoms with E-state index in [1.54, 1.807) is 56.3 Å². The minimum atomic E-state index is -1.09. The van der Waals surface area contributed by atoms with Crippen molar-refractivity contribution in [2.75, 3.05) is 0 Å². The second kappa shape index (κ2) is 10.3. The van der Waals surface area contributed by atoms with E-state index in [1.807, 2.05) is 0 Å². The van der Waals surface area contributed by atoms with Crippen molar-refractivity contribution in [2.45, 2.75) is 13.8 Å². The molecule has 4 nitrogen and oxygen atoms in total. The van der Waals surface area contributed by atoms with Crippen LogP contribution < -0.4 is 4.74 Å². The molecule has 0 saturated heterocycles. The number of carbonyl (C=O) groups excluding carboxylic acids is 1. The largest absolute Gasteiger partial charge is 0.438 e. The van der Waals surface area contributed by atoms with E-state index in [4.69, 9.17) is 39.5 Å². The van der Waals surface area contributed by atoms with Crippen LogP contribution in [0.15, 0.2) is 60.7 Å². The minimum Gasteiger partial charge on any atom is -0.438 e. The highest BCUT2D eigenvalue weighted by molar-refractivity contribution is 6.36. The maximum Gasteiger partial charge on any atom is 0.231 e. The Labute approximate surface area is 215 Å². The predicted molar refractivity (Wildman–Crippen MR) is 134 cm³/mol. The molecule has 178 valence electrons. The smallest absolute Gasteiger partial charge is 0.231 e. The first-order chi connectivity index (χ1) is 16.6. The van der Waals surface area contributed by atoms with Gasteiger partial charge in [0.2, 0.25) is 11.7 Å². The number of Topliss-reactive ketones (excluding diaryl/α,β-unsaturated/α-hetero) is 1. The number of aromatic nitrogens is 2. The Morgan fingerprint density at radius 3 is 2.17 bits per heavy atom. The van der Waals surface area contributed by atoms with E-state index in [0.29, 0.717) is 32.4 Å². The van der Waals surface area contributed by atoms with Crippen molar-refractivity contribution in [1.29, 1.82) is 0 Å². The van der Waals surface area contributed by atoms with Crippen molar-refractivity contribution in [2.24, 2.45) is 5.92 Å². The molecule has 0 aliphatic carbocycles. The molecule has 0 N–H and O–H groups in total. The van der Waals surface area contributed by atoms with Gasteiger partial charge >= 0.3 is 0 Å². The molecule has 0 aliphatic heterocycles. The van der Waals surface area contributed by atoms with Crippen LogP contribution in [0.25, 0.3) is 22.4 Å². The van der Waals surface area contributed by atoms with Crippen molar-refractivity contribution in [1.82, 2.24) is 9.97 Å². The van der Waals surface area contributed by atoms with Gasteiger partial charge in [0.1, 0.15) is 5.75 Å². The van der Waals surface area contributed by atoms with Crippen LogP contribution in [0, 0.1) is 17.6 Å². The lowest BCUT2D eigenvalue weighted by Gasteiger charge is -2.17. The molecule has 0 aliphatic rings. The van der Waals surface area contributed by atoms with E-state index < -0.39 is 17.6 Å². The Morgan fingerprint density at radius 2 is 1.54 bits per heavy atom. The number of benzene rings is 3. The minimum absolute atomic E-state index is 0.0195. The first-order valence-electron chi connectivity index (χ1n) is 10.4. The van der Waals surface area contributed by atoms with Gasteiger partial charge in [-0.05, 0) is 48.0 Å². The second-order valence-corrected chi connectivity index (χ2v) is 9.18. The van der Waals surface area contributed by atoms with Crippen molar-refractivity contribution < 1.29 is 18.3 Å². The maximum absolute atomic E-state index is 13.9. The Kier molecular flexibility index (Phi) is 7.36. The van der Waals surface area contributed by atoms with Crippen molar-refractivity contribution in [3.8, 4) is 34.0 Å². The lowest BCUT2D eigenvalue weighted by Crippen LogP contribution is -2.14. The predicted octanol–water partition coefficient (Wildman–Crippen LogP) is 8.68. The summed E-state index contributed by atoms with van der Waals surface area (Å²) < 4.78 is 33.3. The summed E-state index contributed by atoms with van der Waals surface area (Å²) in [6.45, 7) is 3.42. The summed E-state index contributed by atoms with van der Waals surface area (Å²) in [5, 5.41) is 1.20. The van der Waals surface area contributed by atoms with Gasteiger partial charge in [0.15, 0.2) is 17.5 Å². The van der Waals surface area contributed by atoms with Crippen molar-refractivity contribution in [3.05, 3.63) is 93.2 Å². The summed E-state index contributed by atoms with van der Waals surface area (Å²) in [7, 11) is 0. The van der Waals surface area contributed by atoms with E-state index in [2.05, 4.69) is 9.97 Å². The molecule has 9 heteroatoms. The van der Waals surface area contributed by atoms with Gasteiger partial charge < -0.3 is 4.74 Å². The number of carbonyl (C=O) groups is 1. The summed E-state index contributed by atoms with van der Waals surface area (Å²) >= 11 is 18.7. The molecule has 0 radical (unpaired) electrons. The van der Waals surface area contributed by atoms with Gasteiger partial charge in [0.25, 0.3) is 0 Å². The van der Waals surface area contributed by atoms with Gasteiger partial charge in [-0.2, -0.15) is 4.98 Å². The highest BCUT2D eigenvalue weighted by atomic mass is 35.5. The van der Waals surface area contributed by atoms with Crippen LogP contribution in [-0.4, -0.2) is 15.8 Å². The van der Waals surface area contributed by atoms with E-state index in [0.717, 1.165) is 12.1 Å². The number of halogens is 5. The molecule has 0 amide bonds. The molecule has 1 heterocycles. The molecule has 0 saturated carbocycles. The molecule has 3 aromatic carbocycles. The maximum atomic E-state index is 13.9. The third-order valence-electron chi connectivity index (χ3n) is 5.05. The molecule has 1 aromatic heterocycles. The van der Waals surface area contributed by atoms with Crippen LogP contribution in [0.2, 0.25) is 15.1 Å². The Morgan fingerprint density at radius 1 is 0.857 bits per heavy atom. The number of nitrogens with zero attached hydrogens (tertiary/aromatic N) is 2. The first-order valence-corrected chi connectivity index (χ1v) is 11.6. The fourth-order valence-corrected chi connectivity index (χ4v) is 3.91. The molecule has 4 aromatic rings. The number of rotatable bonds is 6. The molecule has 4 rings (SSSR count). The summed E-state index contributed by atoms with van der Waals surface area (Å²) in [4.78, 5) is 21.8. The van der Waals surface area contributed by atoms with E-state index in [9.17, 15) is 13.6 Å². The highest BCUT2D eigenvalue weighted by Crippen LogP contribution is 2.42. The fourth-order valence-electron chi connectivity index (χ4n) is 3.29. The van der Waals surface area contributed by atoms with Crippen LogP contribution >= 0.6 is 34.8 Å². The molecule has 0 spiro atoms. The SMILES string of the molecule is CC(C)C(=O)c1nc(Oc2ccc(F)c(F)c2)c(-c2ccc(Cl)cc2)c(-c2ccc(Cl)cc2Cl)n1. The first kappa shape index (κ1) is 25.0. The zero-order valence-electron chi connectivity index (χ0n) is 18.5. The topological polar surface area (TPSA) is 52.1 Å². The lowest BCUT2D eigenvalue weighted by atomic mass is 9.99. The summed E-state index contributed by atoms with van der Waals surface area (Å²) in [6, 6.07) is 14.7. The van der Waals surface area contributed by atoms with Gasteiger partial charge in [-0.15, -0.1) is 0 Å². The average Bonchev–Trinajstić information content (AvgIpc) is 2.81. The quantitative estimate of drug-likeness (QED) is 0.233. The molecule has 0 unspecified atom stereocenters. The number of ketones is 1. The van der Waals surface area contributed by atoms with Crippen LogP contribution in [0.1, 0.15) is 24.5 Å². The van der Waals surface area contributed by atoms with Crippen LogP contribution in [0.3, 0.4) is 0 Å². The monoisotopic (exact) mass is 532 g/mol. The summed E-state index contributed by atoms with van der Waals surface area (Å²) in [5.74, 6) is -3.05. The van der Waals surface area contributed by atoms with Gasteiger partial charge in [0, 0.05) is 27.6 Å². The van der Waals surface area contributed by atoms with E-state index in [-0.39, 0.29) is 28.3 Å². The molecular weight excluding hydrogens is 517 g/mol. The van der Waals surface area contributed by atoms with Crippen LogP contribution in [0.5, 0.6) is 11.6 Å². The molecule has 0 fully saturated rings. The average molecular weight is 534 g/mol. The zero-order valence-corrected chi connectivity index (χ0v) is 20.7. The normalized spacial score (nSPS) is 11.1. The van der Waals surface area contributed by atoms with Gasteiger partial charge in [-0.1, -0.05) is 60.8 Å². The number of hydrogen-bond donors (Lipinski definition) is 0. The summed E-state index contributed by atoms with van der Waals surface area (Å²) in [6.07, 6.45) is 0. The summed E-state index contributed by atoms with van der Waals surface area (Å²) in [5.41, 5.74) is 1.73. The molecule has 35 heavy (non-hydrogen) atoms. The van der Waals surface area contributed by atoms with Crippen molar-refractivity contribution >= 4 is 40.6 Å². The van der Waals surface area contributed by atoms with Gasteiger partial charge in [-0.3, -0.25) is 4.79 Å². The number of ether oxygens (including phenoxy) is 1. The standard InChI is InChI=1S/C26H17Cl3F2N2O2/c1-13(2)24(34)25-32-23(18-9-7-16(28)11-19(18)29)22(14-3-5-15(27)6-4-14)26(33-25)35-17-8-10-20(30)21(31)12-17/h3-13H,1-2H3. The molecule has 0 bridgehead atoms. The Hall–Kier alpha value is -3.06. The second-order valence-electron chi connectivity index (χ2n) is 7.90. The van der Waals surface area contributed by atoms with E-state index >= 15 is 0 Å². The number of hydrogen-bond acceptors (Lipinski definition) is 4. The van der Waals surface area contributed by atoms with Crippen LogP contribution in [0.4, 0.5) is 8.78 Å². The zero-order chi connectivity index (χ0) is 25.3. The van der Waals surface area contributed by atoms with Gasteiger partial charge in [-0.25, -0.2) is 13.8 Å². The Balaban J connectivity index is 2.04. The lowest BCUT2D eigenvalue weighted by molar-refractivity contribution is 0.0928. The van der Waals surface area contributed by atoms with Crippen LogP contribution in [-0.2, 0) is 0 Å². The highest BCUT2D eigenvalue weighted by Gasteiger charge is 2.25. The van der Waals surface area contributed by atoms with Crippen molar-refractivity contribution in [3.63, 3.8) is 0 Å². The third-order valence-corrected chi connectivity index (χ3v) is 5.85. The van der Waals surface area contributed by atoms with E-state index in [1.165, 1.54) is 6.07 Å². The fraction of sp³-hybridized carbons (Fsp3) is 0.115. The molecular formula is C26H17Cl3F2N2O2. The third kappa shape index (κ3) is 5.45. The van der Waals surface area contributed by atoms with Gasteiger partial charge in [0.05, 0.1) is 16.3 Å². The molecule has 0 atom stereocenters. The Bertz CT molecular complexity index is 1430.